The predicted molar refractivity (Wildman–Crippen MR) is 69.9 cm³/mol. The molecule has 0 N–H and O–H groups in total. The summed E-state index contributed by atoms with van der Waals surface area (Å²) in [6.07, 6.45) is 3.87. The molecule has 102 valence electrons. The lowest BCUT2D eigenvalue weighted by atomic mass is 10.0. The molecule has 1 atom stereocenters. The van der Waals surface area contributed by atoms with E-state index < -0.39 is 6.04 Å². The molecule has 5 nitrogen and oxygen atoms in total. The van der Waals surface area contributed by atoms with Crippen LogP contribution in [0.25, 0.3) is 0 Å². The average Bonchev–Trinajstić information content (AvgIpc) is 2.46. The molecule has 2 rings (SSSR count). The zero-order valence-corrected chi connectivity index (χ0v) is 11.4. The Morgan fingerprint density at radius 2 is 2.21 bits per heavy atom. The van der Waals surface area contributed by atoms with Gasteiger partial charge in [0.25, 0.3) is 5.91 Å². The first-order valence-corrected chi connectivity index (χ1v) is 6.51. The summed E-state index contributed by atoms with van der Waals surface area (Å²) in [5, 5.41) is 0.333. The Morgan fingerprint density at radius 1 is 1.42 bits per heavy atom. The van der Waals surface area contributed by atoms with E-state index in [0.29, 0.717) is 23.7 Å². The van der Waals surface area contributed by atoms with Crippen molar-refractivity contribution in [1.82, 2.24) is 9.88 Å². The molecule has 0 unspecified atom stereocenters. The minimum absolute atomic E-state index is 0.209. The van der Waals surface area contributed by atoms with Crippen molar-refractivity contribution in [3.05, 3.63) is 29.0 Å². The van der Waals surface area contributed by atoms with Crippen LogP contribution in [0.1, 0.15) is 29.6 Å². The Hall–Kier alpha value is -1.62. The Kier molecular flexibility index (Phi) is 4.37. The number of ether oxygens (including phenoxy) is 1. The van der Waals surface area contributed by atoms with Gasteiger partial charge in [-0.2, -0.15) is 0 Å². The van der Waals surface area contributed by atoms with Crippen LogP contribution in [-0.2, 0) is 9.53 Å². The second-order valence-corrected chi connectivity index (χ2v) is 4.79. The summed E-state index contributed by atoms with van der Waals surface area (Å²) >= 11 is 5.69. The molecule has 1 fully saturated rings. The molecule has 0 aliphatic carbocycles. The predicted octanol–water partition coefficient (Wildman–Crippen LogP) is 1.90. The van der Waals surface area contributed by atoms with Gasteiger partial charge in [0, 0.05) is 12.7 Å². The lowest BCUT2D eigenvalue weighted by molar-refractivity contribution is -0.147. The molecule has 1 aliphatic heterocycles. The number of nitrogens with zero attached hydrogens (tertiary/aromatic N) is 2. The lowest BCUT2D eigenvalue weighted by Gasteiger charge is -2.33. The molecule has 6 heteroatoms. The minimum Gasteiger partial charge on any atom is -0.467 e. The van der Waals surface area contributed by atoms with E-state index in [4.69, 9.17) is 16.3 Å². The highest BCUT2D eigenvalue weighted by atomic mass is 35.5. The summed E-state index contributed by atoms with van der Waals surface area (Å²) in [5.41, 5.74) is 0.431. The third-order valence-electron chi connectivity index (χ3n) is 3.21. The number of likely N-dealkylation sites (tertiary alicyclic amines) is 1. The zero-order chi connectivity index (χ0) is 13.8. The Balaban J connectivity index is 2.20. The fourth-order valence-corrected chi connectivity index (χ4v) is 2.34. The standard InChI is InChI=1S/C13H15ClN2O3/c1-19-13(18)10-4-2-3-7-16(10)12(17)9-5-6-11(14)15-8-9/h5-6,8,10H,2-4,7H2,1H3/t10-/m1/s1. The van der Waals surface area contributed by atoms with Gasteiger partial charge in [0.05, 0.1) is 12.7 Å². The smallest absolute Gasteiger partial charge is 0.328 e. The molecule has 1 amide bonds. The van der Waals surface area contributed by atoms with Crippen LogP contribution in [-0.4, -0.2) is 41.5 Å². The maximum atomic E-state index is 12.4. The van der Waals surface area contributed by atoms with Crippen LogP contribution in [0.15, 0.2) is 18.3 Å². The average molecular weight is 283 g/mol. The summed E-state index contributed by atoms with van der Waals surface area (Å²) in [7, 11) is 1.34. The van der Waals surface area contributed by atoms with E-state index >= 15 is 0 Å². The number of carbonyl (C=O) groups is 2. The number of hydrogen-bond donors (Lipinski definition) is 0. The van der Waals surface area contributed by atoms with Gasteiger partial charge >= 0.3 is 5.97 Å². The molecule has 0 aromatic carbocycles. The third kappa shape index (κ3) is 3.04. The first-order chi connectivity index (χ1) is 9.13. The van der Waals surface area contributed by atoms with E-state index in [9.17, 15) is 9.59 Å². The van der Waals surface area contributed by atoms with Crippen LogP contribution in [0.2, 0.25) is 5.15 Å². The van der Waals surface area contributed by atoms with E-state index in [0.717, 1.165) is 12.8 Å². The quantitative estimate of drug-likeness (QED) is 0.614. The van der Waals surface area contributed by atoms with Gasteiger partial charge in [-0.3, -0.25) is 4.79 Å². The van der Waals surface area contributed by atoms with Gasteiger partial charge in [0.1, 0.15) is 11.2 Å². The van der Waals surface area contributed by atoms with Gasteiger partial charge in [-0.15, -0.1) is 0 Å². The lowest BCUT2D eigenvalue weighted by Crippen LogP contribution is -2.48. The fraction of sp³-hybridized carbons (Fsp3) is 0.462. The number of piperidine rings is 1. The van der Waals surface area contributed by atoms with Crippen LogP contribution in [0.4, 0.5) is 0 Å². The number of amides is 1. The number of rotatable bonds is 2. The van der Waals surface area contributed by atoms with Gasteiger partial charge in [-0.25, -0.2) is 9.78 Å². The Morgan fingerprint density at radius 3 is 2.84 bits per heavy atom. The molecule has 0 bridgehead atoms. The molecular weight excluding hydrogens is 268 g/mol. The molecule has 0 saturated carbocycles. The zero-order valence-electron chi connectivity index (χ0n) is 10.6. The molecule has 1 aromatic rings. The third-order valence-corrected chi connectivity index (χ3v) is 3.43. The van der Waals surface area contributed by atoms with Gasteiger partial charge in [0.2, 0.25) is 0 Å². The number of aromatic nitrogens is 1. The number of pyridine rings is 1. The molecule has 0 spiro atoms. The SMILES string of the molecule is COC(=O)[C@H]1CCCCN1C(=O)c1ccc(Cl)nc1. The summed E-state index contributed by atoms with van der Waals surface area (Å²) in [6.45, 7) is 0.557. The van der Waals surface area contributed by atoms with Crippen molar-refractivity contribution in [2.24, 2.45) is 0 Å². The molecule has 2 heterocycles. The maximum Gasteiger partial charge on any atom is 0.328 e. The second-order valence-electron chi connectivity index (χ2n) is 4.40. The Bertz CT molecular complexity index is 475. The first-order valence-electron chi connectivity index (χ1n) is 6.14. The second kappa shape index (κ2) is 6.02. The normalized spacial score (nSPS) is 19.1. The van der Waals surface area contributed by atoms with Crippen LogP contribution >= 0.6 is 11.6 Å². The molecule has 19 heavy (non-hydrogen) atoms. The van der Waals surface area contributed by atoms with Crippen LogP contribution in [0.3, 0.4) is 0 Å². The highest BCUT2D eigenvalue weighted by molar-refractivity contribution is 6.29. The molecular formula is C13H15ClN2O3. The van der Waals surface area contributed by atoms with E-state index in [-0.39, 0.29) is 11.9 Å². The number of esters is 1. The van der Waals surface area contributed by atoms with Crippen LogP contribution in [0, 0.1) is 0 Å². The number of halogens is 1. The minimum atomic E-state index is -0.498. The highest BCUT2D eigenvalue weighted by Gasteiger charge is 2.33. The largest absolute Gasteiger partial charge is 0.467 e. The maximum absolute atomic E-state index is 12.4. The summed E-state index contributed by atoms with van der Waals surface area (Å²) in [5.74, 6) is -0.575. The number of carbonyl (C=O) groups excluding carboxylic acids is 2. The van der Waals surface area contributed by atoms with Gasteiger partial charge < -0.3 is 9.64 Å². The molecule has 0 radical (unpaired) electrons. The number of hydrogen-bond acceptors (Lipinski definition) is 4. The van der Waals surface area contributed by atoms with Gasteiger partial charge in [0.15, 0.2) is 0 Å². The van der Waals surface area contributed by atoms with E-state index in [1.54, 1.807) is 17.0 Å². The first kappa shape index (κ1) is 13.8. The van der Waals surface area contributed by atoms with Gasteiger partial charge in [-0.05, 0) is 31.4 Å². The van der Waals surface area contributed by atoms with Crippen LogP contribution < -0.4 is 0 Å². The molecule has 1 aromatic heterocycles. The molecule has 1 saturated heterocycles. The highest BCUT2D eigenvalue weighted by Crippen LogP contribution is 2.20. The fourth-order valence-electron chi connectivity index (χ4n) is 2.22. The van der Waals surface area contributed by atoms with Crippen molar-refractivity contribution in [1.29, 1.82) is 0 Å². The summed E-state index contributed by atoms with van der Waals surface area (Å²) in [6, 6.07) is 2.67. The van der Waals surface area contributed by atoms with Crippen molar-refractivity contribution < 1.29 is 14.3 Å². The monoisotopic (exact) mass is 282 g/mol. The van der Waals surface area contributed by atoms with E-state index in [1.807, 2.05) is 0 Å². The Labute approximate surface area is 116 Å². The van der Waals surface area contributed by atoms with Crippen molar-refractivity contribution in [3.8, 4) is 0 Å². The van der Waals surface area contributed by atoms with Crippen molar-refractivity contribution in [3.63, 3.8) is 0 Å². The summed E-state index contributed by atoms with van der Waals surface area (Å²) in [4.78, 5) is 29.5. The topological polar surface area (TPSA) is 59.5 Å². The summed E-state index contributed by atoms with van der Waals surface area (Å²) < 4.78 is 4.76. The van der Waals surface area contributed by atoms with Gasteiger partial charge in [-0.1, -0.05) is 11.6 Å². The van der Waals surface area contributed by atoms with Crippen molar-refractivity contribution in [2.45, 2.75) is 25.3 Å². The van der Waals surface area contributed by atoms with Crippen molar-refractivity contribution >= 4 is 23.5 Å². The van der Waals surface area contributed by atoms with E-state index in [1.165, 1.54) is 13.3 Å². The van der Waals surface area contributed by atoms with E-state index in [2.05, 4.69) is 4.98 Å². The number of methoxy groups -OCH3 is 1. The van der Waals surface area contributed by atoms with Crippen LogP contribution in [0.5, 0.6) is 0 Å². The van der Waals surface area contributed by atoms with Crippen molar-refractivity contribution in [2.75, 3.05) is 13.7 Å². The molecule has 1 aliphatic rings.